The van der Waals surface area contributed by atoms with Gasteiger partial charge in [-0.15, -0.1) is 0 Å². The zero-order chi connectivity index (χ0) is 17.1. The van der Waals surface area contributed by atoms with Crippen LogP contribution in [-0.2, 0) is 13.6 Å². The summed E-state index contributed by atoms with van der Waals surface area (Å²) >= 11 is 0. The maximum absolute atomic E-state index is 13.9. The molecule has 0 saturated carbocycles. The molecule has 6 heteroatoms. The van der Waals surface area contributed by atoms with Crippen LogP contribution < -0.4 is 0 Å². The largest absolute Gasteiger partial charge is 0.395 e. The first kappa shape index (κ1) is 16.1. The third-order valence-electron chi connectivity index (χ3n) is 3.95. The molecule has 0 aliphatic carbocycles. The highest BCUT2D eigenvalue weighted by molar-refractivity contribution is 5.97. The van der Waals surface area contributed by atoms with Crippen LogP contribution >= 0.6 is 0 Å². The molecule has 1 aromatic heterocycles. The number of hydrogen-bond donors (Lipinski definition) is 1. The number of benzene rings is 2. The zero-order valence-corrected chi connectivity index (χ0v) is 13.3. The number of aliphatic hydroxyl groups excluding tert-OH is 1. The highest BCUT2D eigenvalue weighted by atomic mass is 19.1. The summed E-state index contributed by atoms with van der Waals surface area (Å²) in [5.41, 5.74) is 2.52. The Morgan fingerprint density at radius 1 is 1.29 bits per heavy atom. The van der Waals surface area contributed by atoms with Gasteiger partial charge in [-0.05, 0) is 24.3 Å². The quantitative estimate of drug-likeness (QED) is 0.782. The fraction of sp³-hybridized carbons (Fsp3) is 0.222. The van der Waals surface area contributed by atoms with Crippen LogP contribution in [0.2, 0.25) is 0 Å². The highest BCUT2D eigenvalue weighted by Gasteiger charge is 2.18. The van der Waals surface area contributed by atoms with Crippen LogP contribution in [-0.4, -0.2) is 38.6 Å². The number of halogens is 1. The van der Waals surface area contributed by atoms with Gasteiger partial charge in [0.25, 0.3) is 5.91 Å². The zero-order valence-electron chi connectivity index (χ0n) is 13.3. The molecular weight excluding hydrogens is 309 g/mol. The summed E-state index contributed by atoms with van der Waals surface area (Å²) in [6.45, 7) is 0.0474. The van der Waals surface area contributed by atoms with Crippen molar-refractivity contribution in [1.82, 2.24) is 14.5 Å². The van der Waals surface area contributed by atoms with Crippen molar-refractivity contribution in [1.29, 1.82) is 0 Å². The third-order valence-corrected chi connectivity index (χ3v) is 3.95. The van der Waals surface area contributed by atoms with E-state index in [-0.39, 0.29) is 31.4 Å². The van der Waals surface area contributed by atoms with E-state index < -0.39 is 0 Å². The minimum absolute atomic E-state index is 0.103. The Hall–Kier alpha value is -2.73. The molecule has 2 aromatic carbocycles. The van der Waals surface area contributed by atoms with Gasteiger partial charge in [-0.1, -0.05) is 18.2 Å². The van der Waals surface area contributed by atoms with Crippen LogP contribution in [0.5, 0.6) is 0 Å². The van der Waals surface area contributed by atoms with E-state index in [1.165, 1.54) is 11.0 Å². The van der Waals surface area contributed by atoms with E-state index in [0.717, 1.165) is 11.0 Å². The molecule has 0 saturated heterocycles. The lowest BCUT2D eigenvalue weighted by Gasteiger charge is -2.22. The summed E-state index contributed by atoms with van der Waals surface area (Å²) in [7, 11) is 1.88. The number of nitrogens with zero attached hydrogens (tertiary/aromatic N) is 3. The number of carbonyl (C=O) groups excluding carboxylic acids is 1. The number of aryl methyl sites for hydroxylation is 1. The van der Waals surface area contributed by atoms with Gasteiger partial charge in [-0.2, -0.15) is 0 Å². The average molecular weight is 327 g/mol. The Morgan fingerprint density at radius 3 is 2.83 bits per heavy atom. The number of carbonyl (C=O) groups is 1. The summed E-state index contributed by atoms with van der Waals surface area (Å²) in [4.78, 5) is 18.4. The lowest BCUT2D eigenvalue weighted by Crippen LogP contribution is -2.33. The van der Waals surface area contributed by atoms with Gasteiger partial charge in [0.15, 0.2) is 0 Å². The monoisotopic (exact) mass is 327 g/mol. The molecule has 0 spiro atoms. The lowest BCUT2D eigenvalue weighted by molar-refractivity contribution is 0.0706. The fourth-order valence-electron chi connectivity index (χ4n) is 2.66. The van der Waals surface area contributed by atoms with Gasteiger partial charge in [0.05, 0.1) is 24.0 Å². The molecule has 3 aromatic rings. The van der Waals surface area contributed by atoms with Gasteiger partial charge in [0, 0.05) is 31.3 Å². The van der Waals surface area contributed by atoms with E-state index in [0.29, 0.717) is 11.1 Å². The van der Waals surface area contributed by atoms with E-state index in [4.69, 9.17) is 0 Å². The number of aliphatic hydroxyl groups is 1. The minimum atomic E-state index is -0.367. The first-order valence-electron chi connectivity index (χ1n) is 7.65. The van der Waals surface area contributed by atoms with E-state index >= 15 is 0 Å². The van der Waals surface area contributed by atoms with Crippen molar-refractivity contribution < 1.29 is 14.3 Å². The third kappa shape index (κ3) is 3.14. The van der Waals surface area contributed by atoms with Gasteiger partial charge < -0.3 is 14.6 Å². The van der Waals surface area contributed by atoms with Crippen LogP contribution in [0.4, 0.5) is 4.39 Å². The molecule has 0 aliphatic heterocycles. The van der Waals surface area contributed by atoms with Crippen LogP contribution in [0.15, 0.2) is 48.8 Å². The molecule has 1 heterocycles. The smallest absolute Gasteiger partial charge is 0.254 e. The van der Waals surface area contributed by atoms with E-state index in [2.05, 4.69) is 4.98 Å². The Morgan fingerprint density at radius 2 is 2.08 bits per heavy atom. The highest BCUT2D eigenvalue weighted by Crippen LogP contribution is 2.17. The predicted molar refractivity (Wildman–Crippen MR) is 88.9 cm³/mol. The summed E-state index contributed by atoms with van der Waals surface area (Å²) in [5.74, 6) is -0.631. The van der Waals surface area contributed by atoms with Crippen molar-refractivity contribution in [3.8, 4) is 0 Å². The lowest BCUT2D eigenvalue weighted by atomic mass is 10.1. The fourth-order valence-corrected chi connectivity index (χ4v) is 2.66. The number of hydrogen-bond acceptors (Lipinski definition) is 3. The van der Waals surface area contributed by atoms with Crippen molar-refractivity contribution in [2.75, 3.05) is 13.2 Å². The molecule has 0 unspecified atom stereocenters. The number of rotatable bonds is 5. The second kappa shape index (κ2) is 6.80. The summed E-state index contributed by atoms with van der Waals surface area (Å²) in [6, 6.07) is 11.6. The van der Waals surface area contributed by atoms with E-state index in [9.17, 15) is 14.3 Å². The van der Waals surface area contributed by atoms with Crippen LogP contribution in [0.1, 0.15) is 15.9 Å². The van der Waals surface area contributed by atoms with Gasteiger partial charge in [0.1, 0.15) is 5.82 Å². The summed E-state index contributed by atoms with van der Waals surface area (Å²) in [5, 5.41) is 9.25. The molecule has 1 N–H and O–H groups in total. The summed E-state index contributed by atoms with van der Waals surface area (Å²) < 4.78 is 15.7. The Balaban J connectivity index is 1.89. The van der Waals surface area contributed by atoms with Crippen LogP contribution in [0.25, 0.3) is 11.0 Å². The van der Waals surface area contributed by atoms with Crippen LogP contribution in [0, 0.1) is 5.82 Å². The average Bonchev–Trinajstić information content (AvgIpc) is 2.96. The minimum Gasteiger partial charge on any atom is -0.395 e. The van der Waals surface area contributed by atoms with Crippen molar-refractivity contribution in [3.63, 3.8) is 0 Å². The molecular formula is C18H18FN3O2. The SMILES string of the molecule is Cn1cnc2cc(C(=O)N(CCO)Cc3ccccc3F)ccc21. The number of amides is 1. The molecule has 0 atom stereocenters. The topological polar surface area (TPSA) is 58.4 Å². The predicted octanol–water partition coefficient (Wildman–Crippen LogP) is 2.35. The molecule has 0 bridgehead atoms. The first-order chi connectivity index (χ1) is 11.6. The normalized spacial score (nSPS) is 11.0. The Kier molecular flexibility index (Phi) is 4.57. The molecule has 0 aliphatic rings. The molecule has 3 rings (SSSR count). The second-order valence-electron chi connectivity index (χ2n) is 5.60. The first-order valence-corrected chi connectivity index (χ1v) is 7.65. The molecule has 1 amide bonds. The molecule has 0 radical (unpaired) electrons. The molecule has 5 nitrogen and oxygen atoms in total. The van der Waals surface area contributed by atoms with E-state index in [1.807, 2.05) is 17.7 Å². The maximum atomic E-state index is 13.9. The maximum Gasteiger partial charge on any atom is 0.254 e. The number of fused-ring (bicyclic) bond motifs is 1. The van der Waals surface area contributed by atoms with E-state index in [1.54, 1.807) is 36.7 Å². The Bertz CT molecular complexity index is 876. The molecule has 124 valence electrons. The number of imidazole rings is 1. The second-order valence-corrected chi connectivity index (χ2v) is 5.60. The standard InChI is InChI=1S/C18H18FN3O2/c1-21-12-20-16-10-13(6-7-17(16)21)18(24)22(8-9-23)11-14-4-2-3-5-15(14)19/h2-7,10,12,23H,8-9,11H2,1H3. The van der Waals surface area contributed by atoms with Gasteiger partial charge in [-0.25, -0.2) is 9.37 Å². The van der Waals surface area contributed by atoms with Crippen molar-refractivity contribution >= 4 is 16.9 Å². The molecule has 0 fully saturated rings. The van der Waals surface area contributed by atoms with Crippen molar-refractivity contribution in [3.05, 3.63) is 65.7 Å². The van der Waals surface area contributed by atoms with Crippen molar-refractivity contribution in [2.45, 2.75) is 6.54 Å². The van der Waals surface area contributed by atoms with Crippen LogP contribution in [0.3, 0.4) is 0 Å². The van der Waals surface area contributed by atoms with Gasteiger partial charge in [0.2, 0.25) is 0 Å². The van der Waals surface area contributed by atoms with Crippen molar-refractivity contribution in [2.24, 2.45) is 7.05 Å². The van der Waals surface area contributed by atoms with Gasteiger partial charge >= 0.3 is 0 Å². The summed E-state index contributed by atoms with van der Waals surface area (Å²) in [6.07, 6.45) is 1.68. The van der Waals surface area contributed by atoms with Gasteiger partial charge in [-0.3, -0.25) is 4.79 Å². The Labute approximate surface area is 139 Å². The molecule has 24 heavy (non-hydrogen) atoms. The number of aromatic nitrogens is 2.